The molecule has 3 N–H and O–H groups in total. The van der Waals surface area contributed by atoms with Crippen LogP contribution in [0.1, 0.15) is 66.4 Å². The molecule has 1 atom stereocenters. The van der Waals surface area contributed by atoms with Crippen LogP contribution in [0.4, 0.5) is 11.5 Å². The van der Waals surface area contributed by atoms with Gasteiger partial charge >= 0.3 is 0 Å². The largest absolute Gasteiger partial charge is 0.381 e. The predicted octanol–water partition coefficient (Wildman–Crippen LogP) is 2.81. The Labute approximate surface area is 207 Å². The highest BCUT2D eigenvalue weighted by Gasteiger charge is 2.48. The lowest BCUT2D eigenvalue weighted by molar-refractivity contribution is -0.124. The first-order valence-electron chi connectivity index (χ1n) is 12.2. The quantitative estimate of drug-likeness (QED) is 0.577. The second-order valence-corrected chi connectivity index (χ2v) is 10.7. The maximum Gasteiger partial charge on any atom is 0.265 e. The van der Waals surface area contributed by atoms with Gasteiger partial charge in [-0.15, -0.1) is 5.10 Å². The van der Waals surface area contributed by atoms with Gasteiger partial charge in [0.2, 0.25) is 11.8 Å². The van der Waals surface area contributed by atoms with Crippen LogP contribution in [0.15, 0.2) is 12.3 Å². The second-order valence-electron chi connectivity index (χ2n) is 9.91. The molecule has 1 aliphatic carbocycles. The first-order valence-corrected chi connectivity index (χ1v) is 12.9. The molecular weight excluding hydrogens is 468 g/mol. The van der Waals surface area contributed by atoms with Gasteiger partial charge in [-0.3, -0.25) is 14.4 Å². The summed E-state index contributed by atoms with van der Waals surface area (Å²) < 4.78 is 9.29. The molecule has 0 bridgehead atoms. The molecule has 3 aliphatic rings. The Morgan fingerprint density at radius 2 is 1.97 bits per heavy atom. The zero-order valence-electron chi connectivity index (χ0n) is 19.9. The first kappa shape index (κ1) is 23.8. The summed E-state index contributed by atoms with van der Waals surface area (Å²) in [7, 11) is 0. The lowest BCUT2D eigenvalue weighted by Gasteiger charge is -2.32. The number of pyridine rings is 1. The molecule has 10 nitrogen and oxygen atoms in total. The molecule has 2 aliphatic heterocycles. The van der Waals surface area contributed by atoms with Crippen LogP contribution in [0.2, 0.25) is 0 Å². The third kappa shape index (κ3) is 4.54. The zero-order chi connectivity index (χ0) is 24.6. The molecule has 1 saturated carbocycles. The summed E-state index contributed by atoms with van der Waals surface area (Å²) in [6.07, 6.45) is 6.64. The van der Waals surface area contributed by atoms with Crippen molar-refractivity contribution in [1.82, 2.24) is 19.9 Å². The van der Waals surface area contributed by atoms with Crippen LogP contribution in [0.5, 0.6) is 0 Å². The number of amides is 3. The van der Waals surface area contributed by atoms with Crippen molar-refractivity contribution in [3.8, 4) is 0 Å². The SMILES string of the molecule is Cc1nnsc1C(=O)NC(C(=O)Nc1cc2c(cn1)C1(CCOCC1)C(=O)N2)C1CCC(C)CC1. The summed E-state index contributed by atoms with van der Waals surface area (Å²) in [5.41, 5.74) is 1.45. The van der Waals surface area contributed by atoms with E-state index in [1.54, 1.807) is 19.2 Å². The van der Waals surface area contributed by atoms with E-state index in [0.29, 0.717) is 54.0 Å². The molecule has 1 unspecified atom stereocenters. The van der Waals surface area contributed by atoms with Crippen molar-refractivity contribution in [1.29, 1.82) is 0 Å². The number of fused-ring (bicyclic) bond motifs is 2. The summed E-state index contributed by atoms with van der Waals surface area (Å²) in [6.45, 7) is 5.00. The highest BCUT2D eigenvalue weighted by Crippen LogP contribution is 2.44. The zero-order valence-corrected chi connectivity index (χ0v) is 20.7. The normalized spacial score (nSPS) is 23.9. The molecule has 4 heterocycles. The van der Waals surface area contributed by atoms with Crippen molar-refractivity contribution in [2.24, 2.45) is 11.8 Å². The lowest BCUT2D eigenvalue weighted by Crippen LogP contribution is -2.49. The van der Waals surface area contributed by atoms with Gasteiger partial charge in [0, 0.05) is 31.0 Å². The molecule has 2 aromatic heterocycles. The second kappa shape index (κ2) is 9.62. The van der Waals surface area contributed by atoms with Gasteiger partial charge < -0.3 is 20.7 Å². The fourth-order valence-electron chi connectivity index (χ4n) is 5.46. The number of aromatic nitrogens is 3. The Kier molecular flexibility index (Phi) is 6.54. The Hall–Kier alpha value is -2.92. The van der Waals surface area contributed by atoms with Crippen LogP contribution < -0.4 is 16.0 Å². The molecule has 186 valence electrons. The standard InChI is InChI=1S/C24H30N6O4S/c1-13-3-5-15(6-4-13)19(28-22(32)20-14(2)29-30-35-20)21(31)27-18-11-17-16(12-25-18)24(23(33)26-17)7-9-34-10-8-24/h11-13,15,19H,3-10H2,1-2H3,(H,26,33)(H,28,32)(H,25,27,31). The van der Waals surface area contributed by atoms with E-state index >= 15 is 0 Å². The smallest absolute Gasteiger partial charge is 0.265 e. The average molecular weight is 499 g/mol. The van der Waals surface area contributed by atoms with Crippen LogP contribution in [-0.2, 0) is 19.7 Å². The van der Waals surface area contributed by atoms with Gasteiger partial charge in [-0.1, -0.05) is 24.3 Å². The molecule has 11 heteroatoms. The van der Waals surface area contributed by atoms with Crippen molar-refractivity contribution in [2.75, 3.05) is 23.8 Å². The van der Waals surface area contributed by atoms with Gasteiger partial charge in [-0.2, -0.15) is 0 Å². The first-order chi connectivity index (χ1) is 16.9. The van der Waals surface area contributed by atoms with E-state index in [2.05, 4.69) is 37.4 Å². The fraction of sp³-hybridized carbons (Fsp3) is 0.583. The number of aryl methyl sites for hydroxylation is 1. The van der Waals surface area contributed by atoms with Crippen LogP contribution >= 0.6 is 11.5 Å². The van der Waals surface area contributed by atoms with E-state index in [0.717, 1.165) is 42.8 Å². The highest BCUT2D eigenvalue weighted by atomic mass is 32.1. The summed E-state index contributed by atoms with van der Waals surface area (Å²) in [5, 5.41) is 12.7. The minimum atomic E-state index is -0.706. The third-order valence-corrected chi connectivity index (χ3v) is 8.49. The Bertz CT molecular complexity index is 1140. The van der Waals surface area contributed by atoms with Crippen molar-refractivity contribution in [3.05, 3.63) is 28.4 Å². The topological polar surface area (TPSA) is 135 Å². The molecule has 1 spiro atoms. The maximum absolute atomic E-state index is 13.4. The fourth-order valence-corrected chi connectivity index (χ4v) is 6.02. The Morgan fingerprint density at radius 1 is 1.23 bits per heavy atom. The van der Waals surface area contributed by atoms with Crippen molar-refractivity contribution < 1.29 is 19.1 Å². The Morgan fingerprint density at radius 3 is 2.66 bits per heavy atom. The van der Waals surface area contributed by atoms with E-state index in [9.17, 15) is 14.4 Å². The number of hydrogen-bond donors (Lipinski definition) is 3. The maximum atomic E-state index is 13.4. The molecule has 35 heavy (non-hydrogen) atoms. The van der Waals surface area contributed by atoms with Gasteiger partial charge in [0.05, 0.1) is 16.8 Å². The summed E-state index contributed by atoms with van der Waals surface area (Å²) >= 11 is 1.02. The number of carbonyl (C=O) groups is 3. The van der Waals surface area contributed by atoms with E-state index in [1.165, 1.54) is 0 Å². The summed E-state index contributed by atoms with van der Waals surface area (Å²) in [6, 6.07) is 0.997. The van der Waals surface area contributed by atoms with Gasteiger partial charge in [0.25, 0.3) is 5.91 Å². The summed E-state index contributed by atoms with van der Waals surface area (Å²) in [4.78, 5) is 44.0. The molecular formula is C24H30N6O4S. The number of nitrogens with zero attached hydrogens (tertiary/aromatic N) is 3. The number of nitrogens with one attached hydrogen (secondary N) is 3. The lowest BCUT2D eigenvalue weighted by atomic mass is 9.76. The highest BCUT2D eigenvalue weighted by molar-refractivity contribution is 7.08. The van der Waals surface area contributed by atoms with Crippen LogP contribution in [0, 0.1) is 18.8 Å². The van der Waals surface area contributed by atoms with Crippen molar-refractivity contribution in [2.45, 2.75) is 63.8 Å². The molecule has 0 aromatic carbocycles. The van der Waals surface area contributed by atoms with Crippen molar-refractivity contribution in [3.63, 3.8) is 0 Å². The van der Waals surface area contributed by atoms with Gasteiger partial charge in [0.15, 0.2) is 0 Å². The number of anilines is 2. The predicted molar refractivity (Wildman–Crippen MR) is 130 cm³/mol. The van der Waals surface area contributed by atoms with E-state index in [1.807, 2.05) is 0 Å². The van der Waals surface area contributed by atoms with Crippen LogP contribution in [0.25, 0.3) is 0 Å². The third-order valence-electron chi connectivity index (χ3n) is 7.66. The van der Waals surface area contributed by atoms with Crippen LogP contribution in [-0.4, -0.2) is 51.5 Å². The summed E-state index contributed by atoms with van der Waals surface area (Å²) in [5.74, 6) is 0.278. The monoisotopic (exact) mass is 498 g/mol. The van der Waals surface area contributed by atoms with E-state index < -0.39 is 11.5 Å². The number of ether oxygens (including phenoxy) is 1. The Balaban J connectivity index is 1.35. The molecule has 2 aromatic rings. The molecule has 3 amide bonds. The molecule has 1 saturated heterocycles. The van der Waals surface area contributed by atoms with Gasteiger partial charge in [-0.05, 0) is 56.0 Å². The average Bonchev–Trinajstić information content (AvgIpc) is 3.39. The minimum absolute atomic E-state index is 0.0241. The van der Waals surface area contributed by atoms with E-state index in [-0.39, 0.29) is 23.6 Å². The number of rotatable bonds is 5. The van der Waals surface area contributed by atoms with Crippen molar-refractivity contribution >= 4 is 40.8 Å². The molecule has 5 rings (SSSR count). The number of hydrogen-bond acceptors (Lipinski definition) is 8. The minimum Gasteiger partial charge on any atom is -0.381 e. The van der Waals surface area contributed by atoms with Gasteiger partial charge in [0.1, 0.15) is 16.7 Å². The van der Waals surface area contributed by atoms with Crippen LogP contribution in [0.3, 0.4) is 0 Å². The molecule has 2 fully saturated rings. The van der Waals surface area contributed by atoms with E-state index in [4.69, 9.17) is 4.74 Å². The molecule has 0 radical (unpaired) electrons. The number of carbonyl (C=O) groups excluding carboxylic acids is 3. The van der Waals surface area contributed by atoms with Gasteiger partial charge in [-0.25, -0.2) is 4.98 Å².